The van der Waals surface area contributed by atoms with Gasteiger partial charge in [-0.15, -0.1) is 0 Å². The Labute approximate surface area is 138 Å². The third kappa shape index (κ3) is 3.49. The van der Waals surface area contributed by atoms with Crippen molar-refractivity contribution in [2.75, 3.05) is 7.05 Å². The molecule has 1 aromatic heterocycles. The summed E-state index contributed by atoms with van der Waals surface area (Å²) in [5.41, 5.74) is 2.11. The van der Waals surface area contributed by atoms with Crippen LogP contribution in [0.4, 0.5) is 5.69 Å². The van der Waals surface area contributed by atoms with Crippen LogP contribution in [0, 0.1) is 10.1 Å². The molecule has 0 bridgehead atoms. The van der Waals surface area contributed by atoms with Gasteiger partial charge in [0.15, 0.2) is 0 Å². The highest BCUT2D eigenvalue weighted by molar-refractivity contribution is 6.30. The average Bonchev–Trinajstić information content (AvgIpc) is 2.92. The molecular weight excluding hydrogens is 316 g/mol. The van der Waals surface area contributed by atoms with Crippen LogP contribution in [0.3, 0.4) is 0 Å². The van der Waals surface area contributed by atoms with Crippen molar-refractivity contribution in [3.63, 3.8) is 0 Å². The van der Waals surface area contributed by atoms with E-state index in [-0.39, 0.29) is 5.69 Å². The Morgan fingerprint density at radius 1 is 1.26 bits per heavy atom. The lowest BCUT2D eigenvalue weighted by molar-refractivity contribution is -0.384. The summed E-state index contributed by atoms with van der Waals surface area (Å²) in [6.07, 6.45) is 1.65. The van der Waals surface area contributed by atoms with Crippen LogP contribution in [0.15, 0.2) is 48.7 Å². The van der Waals surface area contributed by atoms with Gasteiger partial charge in [-0.25, -0.2) is 0 Å². The van der Waals surface area contributed by atoms with Gasteiger partial charge in [-0.05, 0) is 30.8 Å². The van der Waals surface area contributed by atoms with E-state index in [1.165, 1.54) is 12.1 Å². The Kier molecular flexibility index (Phi) is 4.27. The van der Waals surface area contributed by atoms with Gasteiger partial charge in [-0.3, -0.25) is 19.7 Å². The van der Waals surface area contributed by atoms with Gasteiger partial charge in [0.05, 0.1) is 23.3 Å². The first-order valence-electron chi connectivity index (χ1n) is 7.06. The molecule has 0 fully saturated rings. The van der Waals surface area contributed by atoms with Crippen LogP contribution in [0.2, 0.25) is 5.02 Å². The molecule has 23 heavy (non-hydrogen) atoms. The number of non-ortho nitro benzene ring substituents is 1. The number of halogens is 1. The minimum Gasteiger partial charge on any atom is -0.283 e. The van der Waals surface area contributed by atoms with E-state index in [1.807, 2.05) is 36.0 Å². The first kappa shape index (κ1) is 15.5. The average molecular weight is 331 g/mol. The third-order valence-electron chi connectivity index (χ3n) is 3.58. The second kappa shape index (κ2) is 6.36. The smallest absolute Gasteiger partial charge is 0.270 e. The number of rotatable bonds is 5. The van der Waals surface area contributed by atoms with Crippen molar-refractivity contribution in [3.8, 4) is 0 Å². The normalized spacial score (nSPS) is 11.3. The van der Waals surface area contributed by atoms with Crippen molar-refractivity contribution in [2.24, 2.45) is 0 Å². The lowest BCUT2D eigenvalue weighted by Gasteiger charge is -2.17. The maximum absolute atomic E-state index is 10.8. The number of aromatic nitrogens is 2. The molecule has 0 aliphatic heterocycles. The Morgan fingerprint density at radius 3 is 2.70 bits per heavy atom. The fourth-order valence-corrected chi connectivity index (χ4v) is 2.61. The monoisotopic (exact) mass is 330 g/mol. The molecular formula is C16H15ClN4O2. The zero-order valence-electron chi connectivity index (χ0n) is 12.5. The summed E-state index contributed by atoms with van der Waals surface area (Å²) in [6.45, 7) is 1.34. The molecule has 0 aliphatic carbocycles. The second-order valence-electron chi connectivity index (χ2n) is 5.43. The molecule has 0 saturated carbocycles. The number of nitro groups is 1. The van der Waals surface area contributed by atoms with E-state index in [0.29, 0.717) is 6.67 Å². The van der Waals surface area contributed by atoms with E-state index in [2.05, 4.69) is 10.00 Å². The molecule has 0 atom stereocenters. The number of nitrogens with zero attached hydrogens (tertiary/aromatic N) is 4. The van der Waals surface area contributed by atoms with Gasteiger partial charge < -0.3 is 0 Å². The number of benzene rings is 2. The maximum Gasteiger partial charge on any atom is 0.270 e. The fourth-order valence-electron chi connectivity index (χ4n) is 2.48. The highest BCUT2D eigenvalue weighted by Gasteiger charge is 2.11. The molecule has 3 rings (SSSR count). The quantitative estimate of drug-likeness (QED) is 0.528. The molecule has 7 heteroatoms. The van der Waals surface area contributed by atoms with Gasteiger partial charge in [-0.1, -0.05) is 23.7 Å². The first-order chi connectivity index (χ1) is 11.0. The molecule has 0 N–H and O–H groups in total. The second-order valence-corrected chi connectivity index (χ2v) is 5.86. The lowest BCUT2D eigenvalue weighted by atomic mass is 10.2. The first-order valence-corrected chi connectivity index (χ1v) is 7.44. The van der Waals surface area contributed by atoms with E-state index >= 15 is 0 Å². The third-order valence-corrected chi connectivity index (χ3v) is 3.83. The molecule has 1 heterocycles. The lowest BCUT2D eigenvalue weighted by Crippen LogP contribution is -2.22. The van der Waals surface area contributed by atoms with Gasteiger partial charge in [0.1, 0.15) is 0 Å². The Bertz CT molecular complexity index is 845. The minimum absolute atomic E-state index is 0.0755. The number of hydrogen-bond acceptors (Lipinski definition) is 4. The Hall–Kier alpha value is -2.44. The Morgan fingerprint density at radius 2 is 2.00 bits per heavy atom. The summed E-state index contributed by atoms with van der Waals surface area (Å²) < 4.78 is 1.83. The Balaban J connectivity index is 1.75. The van der Waals surface area contributed by atoms with Crippen LogP contribution in [-0.4, -0.2) is 26.7 Å². The summed E-state index contributed by atoms with van der Waals surface area (Å²) in [5, 5.41) is 16.6. The van der Waals surface area contributed by atoms with Gasteiger partial charge in [-0.2, -0.15) is 5.10 Å². The predicted octanol–water partition coefficient (Wildman–Crippen LogP) is 3.69. The highest BCUT2D eigenvalue weighted by Crippen LogP contribution is 2.21. The molecule has 2 aromatic carbocycles. The zero-order valence-corrected chi connectivity index (χ0v) is 13.3. The molecule has 0 saturated heterocycles. The molecule has 0 unspecified atom stereocenters. The number of fused-ring (bicyclic) bond motifs is 1. The zero-order chi connectivity index (χ0) is 16.4. The van der Waals surface area contributed by atoms with Gasteiger partial charge in [0, 0.05) is 29.1 Å². The van der Waals surface area contributed by atoms with E-state index in [1.54, 1.807) is 12.3 Å². The summed E-state index contributed by atoms with van der Waals surface area (Å²) in [7, 11) is 1.99. The standard InChI is InChI=1S/C16H15ClN4O2/c1-19(10-12-2-4-14(17)5-3-12)11-20-16-7-6-15(21(22)23)8-13(16)9-18-20/h2-9H,10-11H2,1H3. The van der Waals surface area contributed by atoms with Gasteiger partial charge >= 0.3 is 0 Å². The largest absolute Gasteiger partial charge is 0.283 e. The topological polar surface area (TPSA) is 64.2 Å². The molecule has 6 nitrogen and oxygen atoms in total. The van der Waals surface area contributed by atoms with Gasteiger partial charge in [0.2, 0.25) is 0 Å². The molecule has 0 aliphatic rings. The van der Waals surface area contributed by atoms with E-state index in [9.17, 15) is 10.1 Å². The SMILES string of the molecule is CN(Cc1ccc(Cl)cc1)Cn1ncc2cc([N+](=O)[O-])ccc21. The van der Waals surface area contributed by atoms with Crippen molar-refractivity contribution in [1.29, 1.82) is 0 Å². The molecule has 3 aromatic rings. The van der Waals surface area contributed by atoms with Crippen molar-refractivity contribution < 1.29 is 4.92 Å². The molecule has 0 amide bonds. The molecule has 118 valence electrons. The summed E-state index contributed by atoms with van der Waals surface area (Å²) >= 11 is 5.89. The highest BCUT2D eigenvalue weighted by atomic mass is 35.5. The van der Waals surface area contributed by atoms with Crippen molar-refractivity contribution >= 4 is 28.2 Å². The molecule has 0 radical (unpaired) electrons. The summed E-state index contributed by atoms with van der Waals surface area (Å²) in [6, 6.07) is 12.5. The van der Waals surface area contributed by atoms with Crippen LogP contribution in [0.5, 0.6) is 0 Å². The van der Waals surface area contributed by atoms with Crippen LogP contribution in [0.1, 0.15) is 5.56 Å². The van der Waals surface area contributed by atoms with Crippen LogP contribution < -0.4 is 0 Å². The number of nitro benzene ring substituents is 1. The van der Waals surface area contributed by atoms with Crippen molar-refractivity contribution in [1.82, 2.24) is 14.7 Å². The molecule has 0 spiro atoms. The minimum atomic E-state index is -0.399. The number of hydrogen-bond donors (Lipinski definition) is 0. The summed E-state index contributed by atoms with van der Waals surface area (Å²) in [4.78, 5) is 12.5. The maximum atomic E-state index is 10.8. The van der Waals surface area contributed by atoms with Crippen LogP contribution in [0.25, 0.3) is 10.9 Å². The fraction of sp³-hybridized carbons (Fsp3) is 0.188. The van der Waals surface area contributed by atoms with Crippen molar-refractivity contribution in [2.45, 2.75) is 13.2 Å². The summed E-state index contributed by atoms with van der Waals surface area (Å²) in [5.74, 6) is 0. The van der Waals surface area contributed by atoms with Crippen LogP contribution in [-0.2, 0) is 13.2 Å². The van der Waals surface area contributed by atoms with E-state index in [0.717, 1.165) is 28.0 Å². The van der Waals surface area contributed by atoms with Gasteiger partial charge in [0.25, 0.3) is 5.69 Å². The van der Waals surface area contributed by atoms with E-state index in [4.69, 9.17) is 11.6 Å². The van der Waals surface area contributed by atoms with Crippen molar-refractivity contribution in [3.05, 3.63) is 69.4 Å². The van der Waals surface area contributed by atoms with Crippen LogP contribution >= 0.6 is 11.6 Å². The predicted molar refractivity (Wildman–Crippen MR) is 89.3 cm³/mol. The van der Waals surface area contributed by atoms with E-state index < -0.39 is 4.92 Å².